The molecule has 1 aliphatic heterocycles. The Morgan fingerprint density at radius 3 is 2.96 bits per heavy atom. The summed E-state index contributed by atoms with van der Waals surface area (Å²) in [5, 5.41) is 8.20. The number of pyridine rings is 1. The number of halogens is 1. The molecule has 3 aromatic rings. The van der Waals surface area contributed by atoms with Crippen LogP contribution in [0, 0.1) is 6.92 Å². The van der Waals surface area contributed by atoms with E-state index in [0.717, 1.165) is 24.2 Å². The highest BCUT2D eigenvalue weighted by Gasteiger charge is 2.42. The van der Waals surface area contributed by atoms with Crippen LogP contribution in [0.15, 0.2) is 35.2 Å². The summed E-state index contributed by atoms with van der Waals surface area (Å²) >= 11 is 0. The number of alkyl halides is 1. The maximum Gasteiger partial charge on any atom is 0.265 e. The van der Waals surface area contributed by atoms with E-state index < -0.39 is 5.67 Å². The van der Waals surface area contributed by atoms with Crippen molar-refractivity contribution in [3.05, 3.63) is 47.9 Å². The Kier molecular flexibility index (Phi) is 4.28. The van der Waals surface area contributed by atoms with Gasteiger partial charge in [0.25, 0.3) is 5.89 Å². The summed E-state index contributed by atoms with van der Waals surface area (Å²) in [5.41, 5.74) is 1.28. The average molecular weight is 356 g/mol. The fraction of sp³-hybridized carbons (Fsp3) is 0.444. The quantitative estimate of drug-likeness (QED) is 0.715. The average Bonchev–Trinajstić information content (AvgIpc) is 3.26. The molecule has 0 N–H and O–H groups in total. The molecule has 0 amide bonds. The smallest absolute Gasteiger partial charge is 0.265 e. The van der Waals surface area contributed by atoms with Gasteiger partial charge in [0.15, 0.2) is 0 Å². The van der Waals surface area contributed by atoms with E-state index in [1.807, 2.05) is 30.9 Å². The number of hydrogen-bond donors (Lipinski definition) is 0. The van der Waals surface area contributed by atoms with Crippen molar-refractivity contribution in [2.24, 2.45) is 7.05 Å². The van der Waals surface area contributed by atoms with E-state index in [1.165, 1.54) is 0 Å². The molecule has 0 spiro atoms. The van der Waals surface area contributed by atoms with Gasteiger partial charge in [-0.2, -0.15) is 10.1 Å². The molecule has 1 aliphatic rings. The van der Waals surface area contributed by atoms with Gasteiger partial charge in [0.2, 0.25) is 11.5 Å². The van der Waals surface area contributed by atoms with Gasteiger partial charge in [-0.05, 0) is 38.4 Å². The van der Waals surface area contributed by atoms with Crippen molar-refractivity contribution >= 4 is 0 Å². The van der Waals surface area contributed by atoms with E-state index in [2.05, 4.69) is 25.1 Å². The molecule has 26 heavy (non-hydrogen) atoms. The molecule has 3 aromatic heterocycles. The van der Waals surface area contributed by atoms with Crippen LogP contribution in [0.1, 0.15) is 30.0 Å². The molecule has 0 bridgehead atoms. The lowest BCUT2D eigenvalue weighted by molar-refractivity contribution is 0.0123. The Morgan fingerprint density at radius 1 is 1.35 bits per heavy atom. The zero-order valence-electron chi connectivity index (χ0n) is 14.9. The SMILES string of the molecule is Cc1c(CN2CCCC(F)(c3nc(-c4cccnc4)no3)C2)cnn1C. The normalized spacial score (nSPS) is 21.2. The fourth-order valence-electron chi connectivity index (χ4n) is 3.36. The third-order valence-electron chi connectivity index (χ3n) is 4.98. The number of hydrogen-bond acceptors (Lipinski definition) is 6. The Balaban J connectivity index is 1.52. The maximum atomic E-state index is 15.6. The lowest BCUT2D eigenvalue weighted by atomic mass is 9.94. The van der Waals surface area contributed by atoms with E-state index in [4.69, 9.17) is 4.52 Å². The maximum absolute atomic E-state index is 15.6. The van der Waals surface area contributed by atoms with Crippen LogP contribution in [-0.2, 0) is 19.3 Å². The van der Waals surface area contributed by atoms with Crippen LogP contribution >= 0.6 is 0 Å². The summed E-state index contributed by atoms with van der Waals surface area (Å²) in [6.45, 7) is 3.75. The van der Waals surface area contributed by atoms with Gasteiger partial charge in [-0.1, -0.05) is 5.16 Å². The highest BCUT2D eigenvalue weighted by molar-refractivity contribution is 5.52. The molecule has 1 fully saturated rings. The second-order valence-electron chi connectivity index (χ2n) is 6.82. The van der Waals surface area contributed by atoms with Gasteiger partial charge in [-0.3, -0.25) is 14.6 Å². The Hall–Kier alpha value is -2.61. The molecule has 4 heterocycles. The molecule has 1 saturated heterocycles. The van der Waals surface area contributed by atoms with Crippen molar-refractivity contribution in [3.63, 3.8) is 0 Å². The summed E-state index contributed by atoms with van der Waals surface area (Å²) in [4.78, 5) is 10.4. The highest BCUT2D eigenvalue weighted by Crippen LogP contribution is 2.36. The summed E-state index contributed by atoms with van der Waals surface area (Å²) in [6, 6.07) is 3.61. The molecule has 136 valence electrons. The third-order valence-corrected chi connectivity index (χ3v) is 4.98. The van der Waals surface area contributed by atoms with E-state index in [-0.39, 0.29) is 12.4 Å². The minimum absolute atomic E-state index is 0.0453. The molecule has 4 rings (SSSR count). The molecule has 0 aromatic carbocycles. The largest absolute Gasteiger partial charge is 0.335 e. The van der Waals surface area contributed by atoms with E-state index in [1.54, 1.807) is 18.5 Å². The van der Waals surface area contributed by atoms with Gasteiger partial charge in [-0.25, -0.2) is 4.39 Å². The topological polar surface area (TPSA) is 72.9 Å². The molecular weight excluding hydrogens is 335 g/mol. The number of likely N-dealkylation sites (tertiary alicyclic amines) is 1. The molecular formula is C18H21FN6O. The zero-order chi connectivity index (χ0) is 18.1. The molecule has 1 atom stereocenters. The van der Waals surface area contributed by atoms with E-state index >= 15 is 4.39 Å². The number of nitrogens with zero attached hydrogens (tertiary/aromatic N) is 6. The fourth-order valence-corrected chi connectivity index (χ4v) is 3.36. The minimum Gasteiger partial charge on any atom is -0.335 e. The number of piperidine rings is 1. The van der Waals surface area contributed by atoms with Crippen LogP contribution in [0.3, 0.4) is 0 Å². The first-order valence-electron chi connectivity index (χ1n) is 8.68. The Labute approximate surface area is 150 Å². The second-order valence-corrected chi connectivity index (χ2v) is 6.82. The van der Waals surface area contributed by atoms with Crippen molar-refractivity contribution < 1.29 is 8.91 Å². The summed E-state index contributed by atoms with van der Waals surface area (Å²) < 4.78 is 22.7. The standard InChI is InChI=1S/C18H21FN6O/c1-13-15(10-21-24(13)2)11-25-8-4-6-18(19,12-25)17-22-16(23-26-17)14-5-3-7-20-9-14/h3,5,7,9-10H,4,6,8,11-12H2,1-2H3. The van der Waals surface area contributed by atoms with Crippen LogP contribution in [0.4, 0.5) is 4.39 Å². The number of aromatic nitrogens is 5. The van der Waals surface area contributed by atoms with Gasteiger partial charge in [0.1, 0.15) is 0 Å². The van der Waals surface area contributed by atoms with Gasteiger partial charge in [-0.15, -0.1) is 0 Å². The van der Waals surface area contributed by atoms with Crippen LogP contribution < -0.4 is 0 Å². The van der Waals surface area contributed by atoms with Crippen molar-refractivity contribution in [1.82, 2.24) is 29.8 Å². The lowest BCUT2D eigenvalue weighted by Crippen LogP contribution is -2.43. The Morgan fingerprint density at radius 2 is 2.23 bits per heavy atom. The predicted octanol–water partition coefficient (Wildman–Crippen LogP) is 2.63. The molecule has 0 aliphatic carbocycles. The van der Waals surface area contributed by atoms with Crippen LogP contribution in [-0.4, -0.2) is 42.9 Å². The van der Waals surface area contributed by atoms with Crippen LogP contribution in [0.25, 0.3) is 11.4 Å². The highest BCUT2D eigenvalue weighted by atomic mass is 19.1. The zero-order valence-corrected chi connectivity index (χ0v) is 14.9. The van der Waals surface area contributed by atoms with Crippen molar-refractivity contribution in [3.8, 4) is 11.4 Å². The van der Waals surface area contributed by atoms with Crippen molar-refractivity contribution in [1.29, 1.82) is 0 Å². The van der Waals surface area contributed by atoms with E-state index in [0.29, 0.717) is 24.4 Å². The second kappa shape index (κ2) is 6.60. The molecule has 0 radical (unpaired) electrons. The van der Waals surface area contributed by atoms with Crippen molar-refractivity contribution in [2.45, 2.75) is 32.0 Å². The van der Waals surface area contributed by atoms with E-state index in [9.17, 15) is 0 Å². The van der Waals surface area contributed by atoms with Crippen LogP contribution in [0.2, 0.25) is 0 Å². The number of rotatable bonds is 4. The van der Waals surface area contributed by atoms with Crippen LogP contribution in [0.5, 0.6) is 0 Å². The summed E-state index contributed by atoms with van der Waals surface area (Å²) in [5.74, 6) is 0.411. The third kappa shape index (κ3) is 3.12. The van der Waals surface area contributed by atoms with Gasteiger partial charge >= 0.3 is 0 Å². The van der Waals surface area contributed by atoms with Gasteiger partial charge in [0, 0.05) is 49.4 Å². The molecule has 0 saturated carbocycles. The molecule has 1 unspecified atom stereocenters. The first kappa shape index (κ1) is 16.8. The molecule has 7 nitrogen and oxygen atoms in total. The first-order valence-corrected chi connectivity index (χ1v) is 8.68. The predicted molar refractivity (Wildman–Crippen MR) is 92.8 cm³/mol. The summed E-state index contributed by atoms with van der Waals surface area (Å²) in [6.07, 6.45) is 6.26. The minimum atomic E-state index is -1.64. The Bertz CT molecular complexity index is 892. The van der Waals surface area contributed by atoms with Crippen molar-refractivity contribution in [2.75, 3.05) is 13.1 Å². The first-order chi connectivity index (χ1) is 12.5. The molecule has 8 heteroatoms. The monoisotopic (exact) mass is 356 g/mol. The van der Waals surface area contributed by atoms with Gasteiger partial charge < -0.3 is 4.52 Å². The summed E-state index contributed by atoms with van der Waals surface area (Å²) in [7, 11) is 1.91. The number of aryl methyl sites for hydroxylation is 1. The lowest BCUT2D eigenvalue weighted by Gasteiger charge is -2.34. The van der Waals surface area contributed by atoms with Gasteiger partial charge in [0.05, 0.1) is 6.20 Å².